The molecule has 2 rings (SSSR count). The lowest BCUT2D eigenvalue weighted by atomic mass is 10.2. The van der Waals surface area contributed by atoms with Crippen LogP contribution in [0.25, 0.3) is 6.08 Å². The SMILES string of the molecule is Cc1cc(C(=O)N(C)C2CCOC2)sc1/C=C/C(=O)O. The Labute approximate surface area is 121 Å². The van der Waals surface area contributed by atoms with Crippen LogP contribution in [0, 0.1) is 6.92 Å². The highest BCUT2D eigenvalue weighted by molar-refractivity contribution is 7.15. The molecule has 1 aromatic rings. The van der Waals surface area contributed by atoms with E-state index in [2.05, 4.69) is 0 Å². The van der Waals surface area contributed by atoms with Gasteiger partial charge in [0, 0.05) is 24.6 Å². The maximum absolute atomic E-state index is 12.4. The minimum absolute atomic E-state index is 0.0384. The minimum atomic E-state index is -0.995. The van der Waals surface area contributed by atoms with E-state index in [0.717, 1.165) is 22.9 Å². The highest BCUT2D eigenvalue weighted by atomic mass is 32.1. The molecular weight excluding hydrogens is 278 g/mol. The number of ether oxygens (including phenoxy) is 1. The van der Waals surface area contributed by atoms with Crippen LogP contribution in [0.1, 0.15) is 26.5 Å². The first-order chi connectivity index (χ1) is 9.49. The molecule has 6 heteroatoms. The molecule has 0 bridgehead atoms. The summed E-state index contributed by atoms with van der Waals surface area (Å²) in [5.41, 5.74) is 0.909. The van der Waals surface area contributed by atoms with E-state index in [4.69, 9.17) is 9.84 Å². The second-order valence-corrected chi connectivity index (χ2v) is 5.85. The number of thiophene rings is 1. The summed E-state index contributed by atoms with van der Waals surface area (Å²) in [7, 11) is 1.78. The van der Waals surface area contributed by atoms with Crippen molar-refractivity contribution in [3.05, 3.63) is 27.5 Å². The van der Waals surface area contributed by atoms with Crippen molar-refractivity contribution in [2.75, 3.05) is 20.3 Å². The third-order valence-corrected chi connectivity index (χ3v) is 4.51. The zero-order valence-corrected chi connectivity index (χ0v) is 12.3. The molecule has 0 radical (unpaired) electrons. The predicted octanol–water partition coefficient (Wildman–Crippen LogP) is 2.02. The maximum atomic E-state index is 12.4. The van der Waals surface area contributed by atoms with Gasteiger partial charge >= 0.3 is 5.97 Å². The van der Waals surface area contributed by atoms with Gasteiger partial charge in [-0.25, -0.2) is 4.79 Å². The topological polar surface area (TPSA) is 66.8 Å². The average Bonchev–Trinajstić information content (AvgIpc) is 3.04. The Hall–Kier alpha value is -1.66. The van der Waals surface area contributed by atoms with Crippen molar-refractivity contribution in [1.29, 1.82) is 0 Å². The van der Waals surface area contributed by atoms with E-state index in [9.17, 15) is 9.59 Å². The average molecular weight is 295 g/mol. The van der Waals surface area contributed by atoms with E-state index in [0.29, 0.717) is 18.1 Å². The fourth-order valence-electron chi connectivity index (χ4n) is 2.08. The molecule has 1 amide bonds. The summed E-state index contributed by atoms with van der Waals surface area (Å²) >= 11 is 1.31. The van der Waals surface area contributed by atoms with E-state index in [-0.39, 0.29) is 11.9 Å². The fraction of sp³-hybridized carbons (Fsp3) is 0.429. The third kappa shape index (κ3) is 3.26. The van der Waals surface area contributed by atoms with Crippen LogP contribution in [0.2, 0.25) is 0 Å². The highest BCUT2D eigenvalue weighted by Crippen LogP contribution is 2.25. The molecule has 1 N–H and O–H groups in total. The molecule has 2 heterocycles. The number of carboxylic acid groups (broad SMARTS) is 1. The van der Waals surface area contributed by atoms with Crippen LogP contribution in [-0.4, -0.2) is 48.2 Å². The van der Waals surface area contributed by atoms with E-state index < -0.39 is 5.97 Å². The van der Waals surface area contributed by atoms with Crippen molar-refractivity contribution in [3.63, 3.8) is 0 Å². The first-order valence-corrected chi connectivity index (χ1v) is 7.17. The molecule has 5 nitrogen and oxygen atoms in total. The van der Waals surface area contributed by atoms with Gasteiger partial charge in [0.1, 0.15) is 0 Å². The maximum Gasteiger partial charge on any atom is 0.328 e. The molecule has 0 aliphatic carbocycles. The third-order valence-electron chi connectivity index (χ3n) is 3.32. The molecule has 20 heavy (non-hydrogen) atoms. The number of hydrogen-bond donors (Lipinski definition) is 1. The van der Waals surface area contributed by atoms with Crippen molar-refractivity contribution < 1.29 is 19.4 Å². The van der Waals surface area contributed by atoms with Gasteiger partial charge < -0.3 is 14.7 Å². The number of hydrogen-bond acceptors (Lipinski definition) is 4. The second kappa shape index (κ2) is 6.19. The molecule has 0 aromatic carbocycles. The standard InChI is InChI=1S/C14H17NO4S/c1-9-7-12(20-11(9)3-4-13(16)17)14(18)15(2)10-5-6-19-8-10/h3-4,7,10H,5-6,8H2,1-2H3,(H,16,17)/b4-3+. The smallest absolute Gasteiger partial charge is 0.328 e. The molecule has 108 valence electrons. The van der Waals surface area contributed by atoms with E-state index in [1.807, 2.05) is 6.92 Å². The molecule has 0 spiro atoms. The molecule has 1 saturated heterocycles. The molecule has 1 aromatic heterocycles. The molecular formula is C14H17NO4S. The van der Waals surface area contributed by atoms with Gasteiger partial charge in [-0.15, -0.1) is 11.3 Å². The van der Waals surface area contributed by atoms with E-state index in [1.165, 1.54) is 17.4 Å². The van der Waals surface area contributed by atoms with E-state index in [1.54, 1.807) is 18.0 Å². The van der Waals surface area contributed by atoms with Crippen LogP contribution < -0.4 is 0 Å². The molecule has 1 aliphatic rings. The lowest BCUT2D eigenvalue weighted by Crippen LogP contribution is -2.36. The highest BCUT2D eigenvalue weighted by Gasteiger charge is 2.26. The number of carbonyl (C=O) groups is 2. The Morgan fingerprint density at radius 3 is 2.90 bits per heavy atom. The lowest BCUT2D eigenvalue weighted by Gasteiger charge is -2.22. The largest absolute Gasteiger partial charge is 0.478 e. The Balaban J connectivity index is 2.14. The quantitative estimate of drug-likeness (QED) is 0.863. The monoisotopic (exact) mass is 295 g/mol. The van der Waals surface area contributed by atoms with Crippen LogP contribution in [0.4, 0.5) is 0 Å². The Kier molecular flexibility index (Phi) is 4.57. The number of carboxylic acids is 1. The predicted molar refractivity (Wildman–Crippen MR) is 77.0 cm³/mol. The van der Waals surface area contributed by atoms with Crippen LogP contribution >= 0.6 is 11.3 Å². The van der Waals surface area contributed by atoms with Gasteiger partial charge in [-0.3, -0.25) is 4.79 Å². The molecule has 1 unspecified atom stereocenters. The zero-order valence-electron chi connectivity index (χ0n) is 11.5. The van der Waals surface area contributed by atoms with Gasteiger partial charge in [0.25, 0.3) is 5.91 Å². The number of aliphatic carboxylic acids is 1. The van der Waals surface area contributed by atoms with Crippen LogP contribution in [0.5, 0.6) is 0 Å². The summed E-state index contributed by atoms with van der Waals surface area (Å²) in [5, 5.41) is 8.64. The number of amides is 1. The van der Waals surface area contributed by atoms with Crippen LogP contribution in [0.3, 0.4) is 0 Å². The van der Waals surface area contributed by atoms with Crippen molar-refractivity contribution in [1.82, 2.24) is 4.90 Å². The normalized spacial score (nSPS) is 18.6. The minimum Gasteiger partial charge on any atom is -0.478 e. The zero-order chi connectivity index (χ0) is 14.7. The van der Waals surface area contributed by atoms with Crippen LogP contribution in [-0.2, 0) is 9.53 Å². The van der Waals surface area contributed by atoms with Gasteiger partial charge in [0.2, 0.25) is 0 Å². The summed E-state index contributed by atoms with van der Waals surface area (Å²) in [6.07, 6.45) is 3.47. The number of likely N-dealkylation sites (N-methyl/N-ethyl adjacent to an activating group) is 1. The van der Waals surface area contributed by atoms with Crippen molar-refractivity contribution in [3.8, 4) is 0 Å². The first-order valence-electron chi connectivity index (χ1n) is 6.35. The van der Waals surface area contributed by atoms with E-state index >= 15 is 0 Å². The summed E-state index contributed by atoms with van der Waals surface area (Å²) in [5.74, 6) is -1.03. The number of nitrogens with zero attached hydrogens (tertiary/aromatic N) is 1. The summed E-state index contributed by atoms with van der Waals surface area (Å²) in [6, 6.07) is 1.93. The molecule has 1 atom stereocenters. The Morgan fingerprint density at radius 2 is 2.30 bits per heavy atom. The van der Waals surface area contributed by atoms with Crippen molar-refractivity contribution in [2.45, 2.75) is 19.4 Å². The van der Waals surface area contributed by atoms with Gasteiger partial charge in [0.05, 0.1) is 17.5 Å². The van der Waals surface area contributed by atoms with Crippen LogP contribution in [0.15, 0.2) is 12.1 Å². The molecule has 0 saturated carbocycles. The lowest BCUT2D eigenvalue weighted by molar-refractivity contribution is -0.131. The molecule has 1 aliphatic heterocycles. The Bertz CT molecular complexity index is 543. The van der Waals surface area contributed by atoms with Crippen molar-refractivity contribution >= 4 is 29.3 Å². The van der Waals surface area contributed by atoms with Gasteiger partial charge in [-0.1, -0.05) is 0 Å². The van der Waals surface area contributed by atoms with Gasteiger partial charge in [0.15, 0.2) is 0 Å². The van der Waals surface area contributed by atoms with Gasteiger partial charge in [-0.05, 0) is 31.1 Å². The molecule has 1 fully saturated rings. The fourth-order valence-corrected chi connectivity index (χ4v) is 3.14. The summed E-state index contributed by atoms with van der Waals surface area (Å²) < 4.78 is 5.29. The number of carbonyl (C=O) groups excluding carboxylic acids is 1. The number of rotatable bonds is 4. The summed E-state index contributed by atoms with van der Waals surface area (Å²) in [4.78, 5) is 26.0. The Morgan fingerprint density at radius 1 is 1.55 bits per heavy atom. The summed E-state index contributed by atoms with van der Waals surface area (Å²) in [6.45, 7) is 3.14. The second-order valence-electron chi connectivity index (χ2n) is 4.76. The van der Waals surface area contributed by atoms with Crippen molar-refractivity contribution in [2.24, 2.45) is 0 Å². The first kappa shape index (κ1) is 14.7. The number of aryl methyl sites for hydroxylation is 1. The van der Waals surface area contributed by atoms with Gasteiger partial charge in [-0.2, -0.15) is 0 Å².